The highest BCUT2D eigenvalue weighted by atomic mass is 32.2. The SMILES string of the molecule is Cc1ccc(NC(=O)[C@H]2CS[C@@]3(C)CCC(=O)N23)cc1. The van der Waals surface area contributed by atoms with E-state index in [0.29, 0.717) is 12.2 Å². The van der Waals surface area contributed by atoms with E-state index in [9.17, 15) is 9.59 Å². The minimum absolute atomic E-state index is 0.0830. The fourth-order valence-electron chi connectivity index (χ4n) is 2.88. The predicted octanol–water partition coefficient (Wildman–Crippen LogP) is 2.39. The second kappa shape index (κ2) is 4.81. The first kappa shape index (κ1) is 13.5. The summed E-state index contributed by atoms with van der Waals surface area (Å²) in [7, 11) is 0. The molecular formula is C15H18N2O2S. The number of benzene rings is 1. The number of nitrogens with one attached hydrogen (secondary N) is 1. The standard InChI is InChI=1S/C15H18N2O2S/c1-10-3-5-11(6-4-10)16-14(19)12-9-20-15(2)8-7-13(18)17(12)15/h3-6,12H,7-9H2,1-2H3,(H,16,19)/t12-,15+/m1/s1. The molecule has 0 saturated carbocycles. The van der Waals surface area contributed by atoms with E-state index in [0.717, 1.165) is 17.7 Å². The van der Waals surface area contributed by atoms with Gasteiger partial charge in [0, 0.05) is 17.9 Å². The molecule has 0 unspecified atom stereocenters. The van der Waals surface area contributed by atoms with Gasteiger partial charge in [0.1, 0.15) is 6.04 Å². The first-order valence-electron chi connectivity index (χ1n) is 6.83. The quantitative estimate of drug-likeness (QED) is 0.910. The van der Waals surface area contributed by atoms with Crippen molar-refractivity contribution >= 4 is 29.3 Å². The minimum atomic E-state index is -0.346. The van der Waals surface area contributed by atoms with Crippen LogP contribution in [0.5, 0.6) is 0 Å². The molecule has 2 atom stereocenters. The van der Waals surface area contributed by atoms with Crippen LogP contribution in [0.25, 0.3) is 0 Å². The van der Waals surface area contributed by atoms with Crippen molar-refractivity contribution in [2.24, 2.45) is 0 Å². The molecule has 20 heavy (non-hydrogen) atoms. The van der Waals surface area contributed by atoms with Gasteiger partial charge in [0.2, 0.25) is 11.8 Å². The topological polar surface area (TPSA) is 49.4 Å². The number of carbonyl (C=O) groups excluding carboxylic acids is 2. The lowest BCUT2D eigenvalue weighted by atomic mass is 10.2. The summed E-state index contributed by atoms with van der Waals surface area (Å²) in [5.74, 6) is 0.696. The highest BCUT2D eigenvalue weighted by Crippen LogP contribution is 2.47. The monoisotopic (exact) mass is 290 g/mol. The molecule has 1 aromatic rings. The van der Waals surface area contributed by atoms with E-state index in [-0.39, 0.29) is 22.7 Å². The molecule has 2 aliphatic heterocycles. The van der Waals surface area contributed by atoms with Crippen molar-refractivity contribution in [2.75, 3.05) is 11.1 Å². The van der Waals surface area contributed by atoms with Crippen molar-refractivity contribution in [1.29, 1.82) is 0 Å². The summed E-state index contributed by atoms with van der Waals surface area (Å²) in [6.45, 7) is 4.06. The molecule has 4 nitrogen and oxygen atoms in total. The maximum absolute atomic E-state index is 12.4. The third-order valence-electron chi connectivity index (χ3n) is 4.07. The molecule has 2 aliphatic rings. The molecule has 1 aromatic carbocycles. The second-order valence-corrected chi connectivity index (χ2v) is 7.12. The average molecular weight is 290 g/mol. The fourth-order valence-corrected chi connectivity index (χ4v) is 4.31. The van der Waals surface area contributed by atoms with Crippen LogP contribution in [-0.4, -0.2) is 33.4 Å². The minimum Gasteiger partial charge on any atom is -0.324 e. The summed E-state index contributed by atoms with van der Waals surface area (Å²) in [4.78, 5) is 26.0. The van der Waals surface area contributed by atoms with Crippen LogP contribution >= 0.6 is 11.8 Å². The number of aryl methyl sites for hydroxylation is 1. The van der Waals surface area contributed by atoms with Gasteiger partial charge in [-0.15, -0.1) is 11.8 Å². The largest absolute Gasteiger partial charge is 0.324 e. The van der Waals surface area contributed by atoms with Gasteiger partial charge in [-0.2, -0.15) is 0 Å². The highest BCUT2D eigenvalue weighted by molar-refractivity contribution is 8.01. The Morgan fingerprint density at radius 2 is 2.10 bits per heavy atom. The number of fused-ring (bicyclic) bond motifs is 1. The van der Waals surface area contributed by atoms with Crippen LogP contribution in [-0.2, 0) is 9.59 Å². The number of nitrogens with zero attached hydrogens (tertiary/aromatic N) is 1. The smallest absolute Gasteiger partial charge is 0.248 e. The molecule has 2 fully saturated rings. The second-order valence-electron chi connectivity index (χ2n) is 5.62. The Bertz CT molecular complexity index is 557. The van der Waals surface area contributed by atoms with Crippen molar-refractivity contribution in [3.05, 3.63) is 29.8 Å². The molecule has 5 heteroatoms. The van der Waals surface area contributed by atoms with Crippen molar-refractivity contribution in [2.45, 2.75) is 37.6 Å². The van der Waals surface area contributed by atoms with E-state index in [1.54, 1.807) is 16.7 Å². The number of hydrogen-bond donors (Lipinski definition) is 1. The zero-order valence-electron chi connectivity index (χ0n) is 11.7. The maximum atomic E-state index is 12.4. The van der Waals surface area contributed by atoms with E-state index < -0.39 is 0 Å². The number of hydrogen-bond acceptors (Lipinski definition) is 3. The van der Waals surface area contributed by atoms with Crippen molar-refractivity contribution in [1.82, 2.24) is 4.90 Å². The third-order valence-corrected chi connectivity index (χ3v) is 5.57. The first-order chi connectivity index (χ1) is 9.49. The normalized spacial score (nSPS) is 28.6. The summed E-state index contributed by atoms with van der Waals surface area (Å²) in [5, 5.41) is 2.92. The van der Waals surface area contributed by atoms with E-state index in [1.165, 1.54) is 0 Å². The fraction of sp³-hybridized carbons (Fsp3) is 0.467. The Kier molecular flexibility index (Phi) is 3.24. The van der Waals surface area contributed by atoms with Crippen LogP contribution in [0.4, 0.5) is 5.69 Å². The zero-order valence-corrected chi connectivity index (χ0v) is 12.5. The average Bonchev–Trinajstić information content (AvgIpc) is 2.90. The summed E-state index contributed by atoms with van der Waals surface area (Å²) in [6, 6.07) is 7.36. The predicted molar refractivity (Wildman–Crippen MR) is 80.5 cm³/mol. The molecule has 0 radical (unpaired) electrons. The Hall–Kier alpha value is -1.49. The lowest BCUT2D eigenvalue weighted by molar-refractivity contribution is -0.135. The summed E-state index contributed by atoms with van der Waals surface area (Å²) in [5.41, 5.74) is 1.94. The third kappa shape index (κ3) is 2.20. The summed E-state index contributed by atoms with van der Waals surface area (Å²) >= 11 is 1.71. The number of amides is 2. The van der Waals surface area contributed by atoms with Crippen LogP contribution in [0.2, 0.25) is 0 Å². The Morgan fingerprint density at radius 1 is 1.40 bits per heavy atom. The molecule has 106 valence electrons. The van der Waals surface area contributed by atoms with Crippen molar-refractivity contribution in [3.8, 4) is 0 Å². The number of thioether (sulfide) groups is 1. The van der Waals surface area contributed by atoms with Crippen molar-refractivity contribution < 1.29 is 9.59 Å². The number of rotatable bonds is 2. The zero-order chi connectivity index (χ0) is 14.3. The molecule has 1 N–H and O–H groups in total. The summed E-state index contributed by atoms with van der Waals surface area (Å²) < 4.78 is 0. The summed E-state index contributed by atoms with van der Waals surface area (Å²) in [6.07, 6.45) is 1.39. The van der Waals surface area contributed by atoms with Gasteiger partial charge in [-0.3, -0.25) is 9.59 Å². The highest BCUT2D eigenvalue weighted by Gasteiger charge is 2.52. The van der Waals surface area contributed by atoms with E-state index in [1.807, 2.05) is 31.2 Å². The van der Waals surface area contributed by atoms with Crippen LogP contribution in [0.15, 0.2) is 24.3 Å². The first-order valence-corrected chi connectivity index (χ1v) is 7.82. The van der Waals surface area contributed by atoms with Gasteiger partial charge in [0.15, 0.2) is 0 Å². The van der Waals surface area contributed by atoms with Gasteiger partial charge in [-0.25, -0.2) is 0 Å². The lowest BCUT2D eigenvalue weighted by Crippen LogP contribution is -2.48. The Labute approximate surface area is 122 Å². The maximum Gasteiger partial charge on any atom is 0.248 e. The van der Waals surface area contributed by atoms with Crippen LogP contribution in [0.1, 0.15) is 25.3 Å². The van der Waals surface area contributed by atoms with Gasteiger partial charge in [-0.1, -0.05) is 17.7 Å². The van der Waals surface area contributed by atoms with E-state index in [4.69, 9.17) is 0 Å². The van der Waals surface area contributed by atoms with Gasteiger partial charge in [0.05, 0.1) is 4.87 Å². The van der Waals surface area contributed by atoms with Crippen LogP contribution in [0.3, 0.4) is 0 Å². The molecule has 0 bridgehead atoms. The molecule has 2 heterocycles. The Balaban J connectivity index is 1.75. The number of anilines is 1. The van der Waals surface area contributed by atoms with Crippen LogP contribution < -0.4 is 5.32 Å². The van der Waals surface area contributed by atoms with Gasteiger partial charge in [-0.05, 0) is 32.4 Å². The lowest BCUT2D eigenvalue weighted by Gasteiger charge is -2.29. The van der Waals surface area contributed by atoms with Gasteiger partial charge >= 0.3 is 0 Å². The molecule has 2 amide bonds. The van der Waals surface area contributed by atoms with E-state index >= 15 is 0 Å². The number of carbonyl (C=O) groups is 2. The van der Waals surface area contributed by atoms with Gasteiger partial charge < -0.3 is 10.2 Å². The molecular weight excluding hydrogens is 272 g/mol. The Morgan fingerprint density at radius 3 is 2.80 bits per heavy atom. The van der Waals surface area contributed by atoms with Crippen LogP contribution in [0, 0.1) is 6.92 Å². The molecule has 0 spiro atoms. The van der Waals surface area contributed by atoms with Gasteiger partial charge in [0.25, 0.3) is 0 Å². The molecule has 0 aromatic heterocycles. The molecule has 3 rings (SSSR count). The molecule has 2 saturated heterocycles. The van der Waals surface area contributed by atoms with Crippen molar-refractivity contribution in [3.63, 3.8) is 0 Å². The van der Waals surface area contributed by atoms with E-state index in [2.05, 4.69) is 12.2 Å². The molecule has 0 aliphatic carbocycles.